The summed E-state index contributed by atoms with van der Waals surface area (Å²) >= 11 is 0. The molecule has 0 saturated carbocycles. The van der Waals surface area contributed by atoms with E-state index in [2.05, 4.69) is 0 Å². The van der Waals surface area contributed by atoms with E-state index in [4.69, 9.17) is 18.3 Å². The first-order chi connectivity index (χ1) is 5.81. The van der Waals surface area contributed by atoms with Crippen LogP contribution in [-0.2, 0) is 18.3 Å². The van der Waals surface area contributed by atoms with E-state index in [1.807, 2.05) is 6.55 Å². The van der Waals surface area contributed by atoms with Gasteiger partial charge in [0.05, 0.1) is 26.4 Å². The molecule has 0 saturated heterocycles. The van der Waals surface area contributed by atoms with E-state index in [9.17, 15) is 0 Å². The third kappa shape index (κ3) is 8.16. The summed E-state index contributed by atoms with van der Waals surface area (Å²) in [6.45, 7) is 4.50. The maximum Gasteiger partial charge on any atom is 0.318 e. The van der Waals surface area contributed by atoms with Gasteiger partial charge in [0.1, 0.15) is 0 Å². The third-order valence-corrected chi connectivity index (χ3v) is 2.69. The Balaban J connectivity index is 3.04. The number of ether oxygens (including phenoxy) is 2. The van der Waals surface area contributed by atoms with E-state index in [0.29, 0.717) is 26.4 Å². The molecule has 0 N–H and O–H groups in total. The van der Waals surface area contributed by atoms with Gasteiger partial charge in [-0.15, -0.1) is 0 Å². The third-order valence-electron chi connectivity index (χ3n) is 1.28. The fraction of sp³-hybridized carbons (Fsp3) is 1.00. The van der Waals surface area contributed by atoms with Crippen LogP contribution in [0, 0.1) is 0 Å². The van der Waals surface area contributed by atoms with E-state index >= 15 is 0 Å². The molecule has 0 atom stereocenters. The van der Waals surface area contributed by atoms with Crippen LogP contribution in [0.15, 0.2) is 0 Å². The van der Waals surface area contributed by atoms with Gasteiger partial charge in [0.15, 0.2) is 0 Å². The van der Waals surface area contributed by atoms with Gasteiger partial charge in [-0.25, -0.2) is 0 Å². The van der Waals surface area contributed by atoms with Gasteiger partial charge in [-0.05, 0) is 6.55 Å². The summed E-state index contributed by atoms with van der Waals surface area (Å²) in [5.41, 5.74) is 0. The summed E-state index contributed by atoms with van der Waals surface area (Å²) < 4.78 is 20.4. The highest BCUT2D eigenvalue weighted by molar-refractivity contribution is 6.42. The highest BCUT2D eigenvalue weighted by atomic mass is 28.3. The van der Waals surface area contributed by atoms with Crippen molar-refractivity contribution in [2.75, 3.05) is 40.6 Å². The smallest absolute Gasteiger partial charge is 0.318 e. The molecule has 0 heterocycles. The van der Waals surface area contributed by atoms with Crippen LogP contribution >= 0.6 is 0 Å². The van der Waals surface area contributed by atoms with Gasteiger partial charge in [-0.1, -0.05) is 0 Å². The summed E-state index contributed by atoms with van der Waals surface area (Å²) in [4.78, 5) is 0. The van der Waals surface area contributed by atoms with Gasteiger partial charge in [0.25, 0.3) is 0 Å². The Morgan fingerprint density at radius 1 is 0.833 bits per heavy atom. The van der Waals surface area contributed by atoms with Gasteiger partial charge >= 0.3 is 9.28 Å². The Hall–Kier alpha value is 0.0569. The number of hydrogen-bond donors (Lipinski definition) is 0. The molecule has 12 heavy (non-hydrogen) atoms. The first kappa shape index (κ1) is 12.1. The topological polar surface area (TPSA) is 36.9 Å². The van der Waals surface area contributed by atoms with Crippen molar-refractivity contribution in [3.8, 4) is 0 Å². The Morgan fingerprint density at radius 3 is 1.58 bits per heavy atom. The average molecular weight is 194 g/mol. The summed E-state index contributed by atoms with van der Waals surface area (Å²) in [6.07, 6.45) is 0. The maximum absolute atomic E-state index is 5.37. The quantitative estimate of drug-likeness (QED) is 0.407. The fourth-order valence-electron chi connectivity index (χ4n) is 0.643. The molecular weight excluding hydrogens is 176 g/mol. The van der Waals surface area contributed by atoms with Crippen molar-refractivity contribution >= 4 is 9.28 Å². The summed E-state index contributed by atoms with van der Waals surface area (Å²) in [5.74, 6) is 0. The van der Waals surface area contributed by atoms with Crippen LogP contribution in [0.5, 0.6) is 0 Å². The van der Waals surface area contributed by atoms with Gasteiger partial charge < -0.3 is 18.3 Å². The molecule has 0 spiro atoms. The molecule has 0 aliphatic heterocycles. The largest absolute Gasteiger partial charge is 0.394 e. The van der Waals surface area contributed by atoms with Crippen LogP contribution in [0.3, 0.4) is 0 Å². The molecule has 0 amide bonds. The minimum absolute atomic E-state index is 0.622. The van der Waals surface area contributed by atoms with Crippen molar-refractivity contribution < 1.29 is 18.3 Å². The highest BCUT2D eigenvalue weighted by Crippen LogP contribution is 1.88. The molecule has 0 radical (unpaired) electrons. The minimum atomic E-state index is -1.43. The molecule has 4 nitrogen and oxygen atoms in total. The number of hydrogen-bond acceptors (Lipinski definition) is 4. The first-order valence-electron chi connectivity index (χ1n) is 4.02. The molecule has 0 aliphatic rings. The second kappa shape index (κ2) is 9.15. The predicted octanol–water partition coefficient (Wildman–Crippen LogP) is 0.163. The summed E-state index contributed by atoms with van der Waals surface area (Å²) in [6, 6.07) is 0. The average Bonchev–Trinajstić information content (AvgIpc) is 2.06. The highest BCUT2D eigenvalue weighted by Gasteiger charge is 2.03. The lowest BCUT2D eigenvalue weighted by atomic mass is 10.8. The van der Waals surface area contributed by atoms with E-state index < -0.39 is 9.28 Å². The molecule has 0 rings (SSSR count). The molecule has 0 aliphatic carbocycles. The Bertz CT molecular complexity index is 81.5. The lowest BCUT2D eigenvalue weighted by molar-refractivity contribution is 0.102. The van der Waals surface area contributed by atoms with Crippen molar-refractivity contribution in [3.05, 3.63) is 0 Å². The van der Waals surface area contributed by atoms with Gasteiger partial charge in [-0.3, -0.25) is 0 Å². The van der Waals surface area contributed by atoms with Crippen molar-refractivity contribution in [2.24, 2.45) is 0 Å². The summed E-state index contributed by atoms with van der Waals surface area (Å²) in [5, 5.41) is 0. The summed E-state index contributed by atoms with van der Waals surface area (Å²) in [7, 11) is 1.88. The second-order valence-corrected chi connectivity index (χ2v) is 4.10. The molecule has 0 aromatic heterocycles. The number of rotatable bonds is 8. The monoisotopic (exact) mass is 194 g/mol. The zero-order chi connectivity index (χ0) is 9.23. The minimum Gasteiger partial charge on any atom is -0.394 e. The Labute approximate surface area is 75.6 Å². The van der Waals surface area contributed by atoms with Crippen molar-refractivity contribution in [2.45, 2.75) is 6.55 Å². The second-order valence-electron chi connectivity index (χ2n) is 2.29. The molecule has 74 valence electrons. The zero-order valence-electron chi connectivity index (χ0n) is 8.04. The van der Waals surface area contributed by atoms with Crippen molar-refractivity contribution in [1.29, 1.82) is 0 Å². The molecule has 0 unspecified atom stereocenters. The number of methoxy groups -OCH3 is 2. The van der Waals surface area contributed by atoms with Crippen molar-refractivity contribution in [3.63, 3.8) is 0 Å². The Morgan fingerprint density at radius 2 is 1.25 bits per heavy atom. The molecule has 0 fully saturated rings. The predicted molar refractivity (Wildman–Crippen MR) is 48.7 cm³/mol. The van der Waals surface area contributed by atoms with Crippen LogP contribution in [0.4, 0.5) is 0 Å². The van der Waals surface area contributed by atoms with E-state index in [1.54, 1.807) is 14.2 Å². The maximum atomic E-state index is 5.37. The lowest BCUT2D eigenvalue weighted by Crippen LogP contribution is -2.22. The molecule has 0 aromatic carbocycles. The van der Waals surface area contributed by atoms with E-state index in [1.165, 1.54) is 0 Å². The van der Waals surface area contributed by atoms with Gasteiger partial charge in [0.2, 0.25) is 0 Å². The standard InChI is InChI=1S/C7H18O4Si/c1-8-4-6-10-12(3)11-7-5-9-2/h12H,4-7H2,1-3H3. The zero-order valence-corrected chi connectivity index (χ0v) is 9.19. The molecule has 5 heteroatoms. The first-order valence-corrected chi connectivity index (χ1v) is 6.12. The normalized spacial score (nSPS) is 11.0. The fourth-order valence-corrected chi connectivity index (χ4v) is 1.60. The van der Waals surface area contributed by atoms with Gasteiger partial charge in [0, 0.05) is 14.2 Å². The molecular formula is C7H18O4Si. The van der Waals surface area contributed by atoms with Crippen LogP contribution < -0.4 is 0 Å². The van der Waals surface area contributed by atoms with Crippen molar-refractivity contribution in [1.82, 2.24) is 0 Å². The van der Waals surface area contributed by atoms with E-state index in [0.717, 1.165) is 0 Å². The Kier molecular flexibility index (Phi) is 9.19. The van der Waals surface area contributed by atoms with Crippen LogP contribution in [0.2, 0.25) is 6.55 Å². The van der Waals surface area contributed by atoms with Crippen LogP contribution in [0.25, 0.3) is 0 Å². The van der Waals surface area contributed by atoms with Crippen LogP contribution in [-0.4, -0.2) is 49.9 Å². The van der Waals surface area contributed by atoms with Crippen LogP contribution in [0.1, 0.15) is 0 Å². The molecule has 0 aromatic rings. The van der Waals surface area contributed by atoms with E-state index in [-0.39, 0.29) is 0 Å². The SMILES string of the molecule is COCCO[SiH](C)OCCOC. The lowest BCUT2D eigenvalue weighted by Gasteiger charge is -2.11. The molecule has 0 bridgehead atoms. The van der Waals surface area contributed by atoms with Gasteiger partial charge in [-0.2, -0.15) is 0 Å².